The van der Waals surface area contributed by atoms with Gasteiger partial charge in [0.1, 0.15) is 57.8 Å². The number of ketones is 4. The average Bonchev–Trinajstić information content (AvgIpc) is 1.49. The average molecular weight is 2160 g/mol. The predicted octanol–water partition coefficient (Wildman–Crippen LogP) is 23.9. The molecule has 4 aromatic heterocycles. The fourth-order valence-corrected chi connectivity index (χ4v) is 20.4. The van der Waals surface area contributed by atoms with Crippen LogP contribution in [-0.4, -0.2) is 184 Å². The number of aromatic nitrogens is 6. The van der Waals surface area contributed by atoms with Gasteiger partial charge in [-0.05, 0) is 175 Å². The summed E-state index contributed by atoms with van der Waals surface area (Å²) in [4.78, 5) is 139. The standard InChI is InChI=1S/C57H57Cl3FN7O8.C57H59Cl3FN7O6/c1-57(2,3)28-40-32-66(33-47(35-14-16-37(58)17-15-35)67(40)56-46(68(72)73)26-39(60)31-64-56)52(71)27-41(69)9-7-21-76-22-8-11-48(70)43-19-13-34(23-50(43)75-5)24-51-62-29-36-30-63-55(53-45(61)10-6-12-49(53)74-4)44-25-38(59)18-20-42(44)54(36)65-51;1-57(2,3)28-40-32-67(33-47(35-14-16-37(58)17-15-35)68(40)56-46(62)26-39(60)31-65-56)52(71)27-41(69)9-7-21-74-22-8-11-48(70)43-19-13-34(23-50(43)73-5)24-51-63-29-36-30-64-55(53-45(61)10-6-12-49(53)72-4)44-25-38(59)18-20-42(44)54(36)66-51/h6,10,12-20,23,25-26,29,31,40,47H,7-9,11,21-22,24,27-28,30,32-33H2,1-5H3;6,10,12-20,23,25-26,29,31,40,47H,7-9,11,21-22,24,27-28,30,32-33,62H2,1-5H3/t2*40-,47?/m00/s1. The van der Waals surface area contributed by atoms with Crippen molar-refractivity contribution < 1.29 is 70.9 Å². The number of nitrogen functional groups attached to an aromatic ring is 1. The number of anilines is 3. The molecule has 8 heterocycles. The van der Waals surface area contributed by atoms with Crippen LogP contribution in [0.3, 0.4) is 0 Å². The maximum absolute atomic E-state index is 15.4. The first-order valence-corrected chi connectivity index (χ1v) is 51.7. The van der Waals surface area contributed by atoms with Crippen LogP contribution in [0.15, 0.2) is 205 Å². The first kappa shape index (κ1) is 111. The van der Waals surface area contributed by atoms with Gasteiger partial charge in [0.2, 0.25) is 17.6 Å². The van der Waals surface area contributed by atoms with Crippen LogP contribution in [0.5, 0.6) is 23.0 Å². The van der Waals surface area contributed by atoms with E-state index in [9.17, 15) is 38.9 Å². The van der Waals surface area contributed by atoms with E-state index in [1.165, 1.54) is 52.8 Å². The smallest absolute Gasteiger partial charge is 0.313 e. The molecule has 0 saturated carbocycles. The van der Waals surface area contributed by atoms with E-state index in [0.29, 0.717) is 188 Å². The van der Waals surface area contributed by atoms with E-state index in [0.717, 1.165) is 50.9 Å². The zero-order valence-electron chi connectivity index (χ0n) is 84.9. The lowest BCUT2D eigenvalue weighted by molar-refractivity contribution is -0.384. The number of amides is 2. The lowest BCUT2D eigenvalue weighted by atomic mass is 9.84. The summed E-state index contributed by atoms with van der Waals surface area (Å²) in [6, 6.07) is 47.0. The summed E-state index contributed by atoms with van der Waals surface area (Å²) in [5.41, 5.74) is 17.4. The van der Waals surface area contributed by atoms with Crippen molar-refractivity contribution in [1.29, 1.82) is 0 Å². The van der Waals surface area contributed by atoms with Crippen molar-refractivity contribution in [1.82, 2.24) is 39.7 Å². The maximum Gasteiger partial charge on any atom is 0.313 e. The van der Waals surface area contributed by atoms with Crippen LogP contribution in [0.1, 0.15) is 219 Å². The van der Waals surface area contributed by atoms with Gasteiger partial charge in [-0.25, -0.2) is 38.7 Å². The molecular weight excluding hydrogens is 2040 g/mol. The van der Waals surface area contributed by atoms with Crippen LogP contribution < -0.4 is 34.5 Å². The van der Waals surface area contributed by atoms with Gasteiger partial charge in [0.05, 0.1) is 132 Å². The van der Waals surface area contributed by atoms with Gasteiger partial charge in [-0.1, -0.05) is 172 Å². The van der Waals surface area contributed by atoms with Crippen LogP contribution in [0.2, 0.25) is 30.1 Å². The second-order valence-corrected chi connectivity index (χ2v) is 42.3. The number of aliphatic imine (C=N–C) groups is 2. The summed E-state index contributed by atoms with van der Waals surface area (Å²) in [7, 11) is 6.01. The number of hydrogen-bond acceptors (Lipinski definition) is 25. The van der Waals surface area contributed by atoms with Crippen LogP contribution >= 0.6 is 69.6 Å². The first-order chi connectivity index (χ1) is 71.9. The van der Waals surface area contributed by atoms with E-state index in [-0.39, 0.29) is 163 Å². The zero-order valence-corrected chi connectivity index (χ0v) is 89.4. The Balaban J connectivity index is 0.000000224. The normalized spacial score (nSPS) is 15.4. The van der Waals surface area contributed by atoms with E-state index in [1.807, 2.05) is 71.6 Å². The zero-order chi connectivity index (χ0) is 107. The lowest BCUT2D eigenvalue weighted by Gasteiger charge is -2.49. The Morgan fingerprint density at radius 3 is 1.23 bits per heavy atom. The third-order valence-electron chi connectivity index (χ3n) is 26.3. The largest absolute Gasteiger partial charge is 0.496 e. The number of methoxy groups -OCH3 is 4. The Hall–Kier alpha value is -13.3. The molecule has 4 atom stereocenters. The summed E-state index contributed by atoms with van der Waals surface area (Å²) in [5, 5.41) is 14.9. The van der Waals surface area contributed by atoms with Gasteiger partial charge in [-0.3, -0.25) is 48.9 Å². The minimum absolute atomic E-state index is 0.0960. The fourth-order valence-electron chi connectivity index (χ4n) is 19.5. The second kappa shape index (κ2) is 50.1. The Bertz CT molecular complexity index is 7100. The van der Waals surface area contributed by atoms with Gasteiger partial charge >= 0.3 is 5.69 Å². The number of benzene rings is 8. The molecule has 782 valence electrons. The summed E-state index contributed by atoms with van der Waals surface area (Å²) in [5.74, 6) is 1.20. The Labute approximate surface area is 900 Å². The second-order valence-electron chi connectivity index (χ2n) is 39.7. The number of nitro groups is 1. The molecule has 4 aliphatic rings. The molecule has 150 heavy (non-hydrogen) atoms. The minimum atomic E-state index is -0.550. The molecule has 0 radical (unpaired) electrons. The Morgan fingerprint density at radius 1 is 0.440 bits per heavy atom. The lowest BCUT2D eigenvalue weighted by Crippen LogP contribution is -2.57. The number of rotatable bonds is 39. The van der Waals surface area contributed by atoms with Gasteiger partial charge in [0.25, 0.3) is 0 Å². The topological polar surface area (TPSA) is 342 Å². The highest BCUT2D eigenvalue weighted by atomic mass is 35.5. The van der Waals surface area contributed by atoms with Gasteiger partial charge in [0.15, 0.2) is 17.4 Å². The number of carbonyl (C=O) groups excluding carboxylic acids is 6. The first-order valence-electron chi connectivity index (χ1n) is 49.4. The summed E-state index contributed by atoms with van der Waals surface area (Å²) in [6.07, 6.45) is 10.3. The number of halogens is 8. The molecule has 0 bridgehead atoms. The summed E-state index contributed by atoms with van der Waals surface area (Å²) >= 11 is 38.0. The fraction of sp³-hybridized carbons (Fsp3) is 0.351. The number of ether oxygens (including phenoxy) is 6. The van der Waals surface area contributed by atoms with E-state index < -0.39 is 28.6 Å². The number of nitrogens with two attached hydrogens (primary N) is 1. The molecular formula is C114H116Cl6F2N14O14. The molecule has 2 N–H and O–H groups in total. The summed E-state index contributed by atoms with van der Waals surface area (Å²) < 4.78 is 64.8. The van der Waals surface area contributed by atoms with Crippen molar-refractivity contribution in [2.24, 2.45) is 20.8 Å². The Kier molecular flexibility index (Phi) is 37.0. The molecule has 28 nitrogen and oxygen atoms in total. The van der Waals surface area contributed by atoms with Crippen molar-refractivity contribution in [3.05, 3.63) is 325 Å². The van der Waals surface area contributed by atoms with E-state index in [2.05, 4.69) is 66.4 Å². The molecule has 36 heteroatoms. The molecule has 2 saturated heterocycles. The van der Waals surface area contributed by atoms with Crippen LogP contribution in [-0.2, 0) is 54.6 Å². The van der Waals surface area contributed by atoms with Crippen LogP contribution in [0, 0.1) is 32.6 Å². The third-order valence-corrected chi connectivity index (χ3v) is 27.7. The summed E-state index contributed by atoms with van der Waals surface area (Å²) in [6.45, 7) is 15.3. The molecule has 16 rings (SSSR count). The van der Waals surface area contributed by atoms with Crippen molar-refractivity contribution in [3.8, 4) is 45.5 Å². The molecule has 4 aliphatic heterocycles. The number of nitrogens with zero attached hydrogens (tertiary/aromatic N) is 13. The van der Waals surface area contributed by atoms with E-state index in [1.54, 1.807) is 113 Å². The third kappa shape index (κ3) is 27.7. The molecule has 2 unspecified atom stereocenters. The predicted molar refractivity (Wildman–Crippen MR) is 579 cm³/mol. The molecule has 12 aromatic rings. The highest BCUT2D eigenvalue weighted by Crippen LogP contribution is 2.47. The van der Waals surface area contributed by atoms with E-state index in [4.69, 9.17) is 124 Å². The number of fused-ring (bicyclic) bond motifs is 6. The highest BCUT2D eigenvalue weighted by Gasteiger charge is 2.45. The highest BCUT2D eigenvalue weighted by molar-refractivity contribution is 6.33. The number of Topliss-reactive ketones (excluding diaryl/α,β-unsaturated/α-hetero) is 4. The van der Waals surface area contributed by atoms with Crippen molar-refractivity contribution in [3.63, 3.8) is 0 Å². The number of carbonyl (C=O) groups is 6. The maximum atomic E-state index is 15.4. The monoisotopic (exact) mass is 2150 g/mol. The van der Waals surface area contributed by atoms with Gasteiger partial charge < -0.3 is 53.8 Å². The van der Waals surface area contributed by atoms with Crippen molar-refractivity contribution in [2.45, 2.75) is 169 Å². The molecule has 8 aromatic carbocycles. The van der Waals surface area contributed by atoms with Crippen LogP contribution in [0.4, 0.5) is 31.8 Å². The van der Waals surface area contributed by atoms with Crippen LogP contribution in [0.25, 0.3) is 22.5 Å². The Morgan fingerprint density at radius 2 is 0.833 bits per heavy atom. The molecule has 0 aliphatic carbocycles. The van der Waals surface area contributed by atoms with Gasteiger partial charge in [0, 0.05) is 188 Å². The minimum Gasteiger partial charge on any atom is -0.496 e. The number of piperazine rings is 2. The van der Waals surface area contributed by atoms with Crippen molar-refractivity contribution >= 4 is 139 Å². The SMILES string of the molecule is COc1cc(Cc2ncc3c(n2)-c2ccc(Cl)cc2C(c2c(F)cccc2OC)=NC3)ccc1C(=O)CCCOCCCC(=O)CC(=O)N1CC(c2ccc(Cl)cc2)N(c2ncc(Cl)cc2N)[C@@H](CC(C)(C)C)C1.COc1cc(Cc2ncc3c(n2)-c2ccc(Cl)cc2C(c2c(F)cccc2OC)=NC3)ccc1C(=O)CCCOCCCC(=O)CC(=O)N1CC(c2ccc(Cl)cc2)N(c2ncc(Cl)cc2[N+](=O)[O-])[C@@H](CC(C)(C)C)C1. The van der Waals surface area contributed by atoms with Crippen molar-refractivity contribution in [2.75, 3.05) is 96.6 Å². The van der Waals surface area contributed by atoms with Gasteiger partial charge in [-0.2, -0.15) is 0 Å². The van der Waals surface area contributed by atoms with E-state index >= 15 is 8.78 Å². The van der Waals surface area contributed by atoms with Gasteiger partial charge in [-0.15, -0.1) is 0 Å². The molecule has 2 amide bonds. The number of pyridine rings is 2. The number of hydrogen-bond donors (Lipinski definition) is 1. The molecule has 2 fully saturated rings. The quantitative estimate of drug-likeness (QED) is 0.0123. The molecule has 0 spiro atoms.